The van der Waals surface area contributed by atoms with E-state index in [4.69, 9.17) is 14.2 Å². The zero-order valence-corrected chi connectivity index (χ0v) is 13.5. The van der Waals surface area contributed by atoms with Gasteiger partial charge in [0.1, 0.15) is 5.75 Å². The van der Waals surface area contributed by atoms with Crippen LogP contribution in [0, 0.1) is 0 Å². The molecular weight excluding hydrogens is 266 g/mol. The third-order valence-electron chi connectivity index (χ3n) is 3.85. The molecule has 2 unspecified atom stereocenters. The van der Waals surface area contributed by atoms with Gasteiger partial charge in [-0.25, -0.2) is 0 Å². The molecule has 0 bridgehead atoms. The Bertz CT molecular complexity index is 440. The molecule has 0 aliphatic carbocycles. The van der Waals surface area contributed by atoms with Crippen molar-refractivity contribution in [2.24, 2.45) is 0 Å². The Kier molecular flexibility index (Phi) is 6.03. The lowest BCUT2D eigenvalue weighted by Gasteiger charge is -2.32. The predicted molar refractivity (Wildman–Crippen MR) is 83.6 cm³/mol. The highest BCUT2D eigenvalue weighted by Crippen LogP contribution is 2.25. The molecule has 21 heavy (non-hydrogen) atoms. The maximum atomic E-state index is 6.11. The molecule has 1 aromatic rings. The fraction of sp³-hybridized carbons (Fsp3) is 0.647. The van der Waals surface area contributed by atoms with Gasteiger partial charge < -0.3 is 19.5 Å². The Balaban J connectivity index is 1.99. The SMILES string of the molecule is CNCc1ccc(OC)c(COC2CC(C)OC(C)C2)c1. The quantitative estimate of drug-likeness (QED) is 0.875. The predicted octanol–water partition coefficient (Wildman–Crippen LogP) is 2.89. The van der Waals surface area contributed by atoms with E-state index in [0.717, 1.165) is 30.7 Å². The van der Waals surface area contributed by atoms with Gasteiger partial charge >= 0.3 is 0 Å². The minimum absolute atomic E-state index is 0.265. The summed E-state index contributed by atoms with van der Waals surface area (Å²) in [6, 6.07) is 6.25. The molecule has 4 nitrogen and oxygen atoms in total. The lowest BCUT2D eigenvalue weighted by molar-refractivity contribution is -0.106. The van der Waals surface area contributed by atoms with Crippen molar-refractivity contribution in [1.29, 1.82) is 0 Å². The van der Waals surface area contributed by atoms with Crippen molar-refractivity contribution in [3.8, 4) is 5.75 Å². The minimum Gasteiger partial charge on any atom is -0.496 e. The smallest absolute Gasteiger partial charge is 0.124 e. The molecule has 4 heteroatoms. The van der Waals surface area contributed by atoms with Crippen LogP contribution in [0.15, 0.2) is 18.2 Å². The maximum Gasteiger partial charge on any atom is 0.124 e. The zero-order valence-electron chi connectivity index (χ0n) is 13.5. The average molecular weight is 293 g/mol. The number of benzene rings is 1. The van der Waals surface area contributed by atoms with Gasteiger partial charge in [-0.2, -0.15) is 0 Å². The summed E-state index contributed by atoms with van der Waals surface area (Å²) in [4.78, 5) is 0. The Morgan fingerprint density at radius 1 is 1.24 bits per heavy atom. The third-order valence-corrected chi connectivity index (χ3v) is 3.85. The van der Waals surface area contributed by atoms with Crippen LogP contribution in [0.2, 0.25) is 0 Å². The second-order valence-corrected chi connectivity index (χ2v) is 5.84. The molecule has 1 aliphatic rings. The molecule has 1 heterocycles. The summed E-state index contributed by atoms with van der Waals surface area (Å²) >= 11 is 0. The number of hydrogen-bond donors (Lipinski definition) is 1. The van der Waals surface area contributed by atoms with E-state index in [1.165, 1.54) is 5.56 Å². The molecule has 1 fully saturated rings. The average Bonchev–Trinajstić information content (AvgIpc) is 2.45. The minimum atomic E-state index is 0.265. The van der Waals surface area contributed by atoms with E-state index < -0.39 is 0 Å². The first-order chi connectivity index (χ1) is 10.1. The van der Waals surface area contributed by atoms with Crippen molar-refractivity contribution in [2.75, 3.05) is 14.2 Å². The van der Waals surface area contributed by atoms with Gasteiger partial charge in [0.2, 0.25) is 0 Å². The number of ether oxygens (including phenoxy) is 3. The molecule has 1 aromatic carbocycles. The van der Waals surface area contributed by atoms with Crippen molar-refractivity contribution in [3.63, 3.8) is 0 Å². The van der Waals surface area contributed by atoms with E-state index in [0.29, 0.717) is 6.61 Å². The summed E-state index contributed by atoms with van der Waals surface area (Å²) in [5.41, 5.74) is 2.35. The van der Waals surface area contributed by atoms with Crippen molar-refractivity contribution >= 4 is 0 Å². The number of rotatable bonds is 6. The number of methoxy groups -OCH3 is 1. The second-order valence-electron chi connectivity index (χ2n) is 5.84. The Labute approximate surface area is 127 Å². The molecule has 0 aromatic heterocycles. The van der Waals surface area contributed by atoms with Gasteiger partial charge in [-0.3, -0.25) is 0 Å². The van der Waals surface area contributed by atoms with E-state index in [1.54, 1.807) is 7.11 Å². The standard InChI is InChI=1S/C17H27NO3/c1-12-7-16(8-13(2)21-12)20-11-15-9-14(10-18-3)5-6-17(15)19-4/h5-6,9,12-13,16,18H,7-8,10-11H2,1-4H3. The lowest BCUT2D eigenvalue weighted by Crippen LogP contribution is -2.34. The van der Waals surface area contributed by atoms with Gasteiger partial charge in [0.15, 0.2) is 0 Å². The van der Waals surface area contributed by atoms with Gasteiger partial charge in [-0.1, -0.05) is 6.07 Å². The van der Waals surface area contributed by atoms with Crippen molar-refractivity contribution in [2.45, 2.75) is 58.2 Å². The first kappa shape index (κ1) is 16.3. The highest BCUT2D eigenvalue weighted by atomic mass is 16.5. The van der Waals surface area contributed by atoms with Gasteiger partial charge in [-0.15, -0.1) is 0 Å². The number of nitrogens with one attached hydrogen (secondary N) is 1. The van der Waals surface area contributed by atoms with Crippen LogP contribution in [0.1, 0.15) is 37.8 Å². The summed E-state index contributed by atoms with van der Waals surface area (Å²) in [5, 5.41) is 3.17. The van der Waals surface area contributed by atoms with E-state index >= 15 is 0 Å². The van der Waals surface area contributed by atoms with Crippen LogP contribution in [-0.4, -0.2) is 32.5 Å². The van der Waals surface area contributed by atoms with Crippen molar-refractivity contribution in [1.82, 2.24) is 5.32 Å². The maximum absolute atomic E-state index is 6.11. The first-order valence-electron chi connectivity index (χ1n) is 7.69. The topological polar surface area (TPSA) is 39.7 Å². The monoisotopic (exact) mass is 293 g/mol. The molecule has 1 saturated heterocycles. The Morgan fingerprint density at radius 3 is 2.57 bits per heavy atom. The Hall–Kier alpha value is -1.10. The zero-order chi connectivity index (χ0) is 15.2. The largest absolute Gasteiger partial charge is 0.496 e. The normalized spacial score (nSPS) is 25.8. The molecular formula is C17H27NO3. The van der Waals surface area contributed by atoms with Crippen LogP contribution in [0.3, 0.4) is 0 Å². The van der Waals surface area contributed by atoms with Crippen LogP contribution >= 0.6 is 0 Å². The van der Waals surface area contributed by atoms with E-state index in [-0.39, 0.29) is 18.3 Å². The van der Waals surface area contributed by atoms with E-state index in [2.05, 4.69) is 31.3 Å². The summed E-state index contributed by atoms with van der Waals surface area (Å²) in [5.74, 6) is 0.892. The van der Waals surface area contributed by atoms with Crippen molar-refractivity contribution in [3.05, 3.63) is 29.3 Å². The van der Waals surface area contributed by atoms with Crippen molar-refractivity contribution < 1.29 is 14.2 Å². The van der Waals surface area contributed by atoms with Crippen LogP contribution in [0.4, 0.5) is 0 Å². The molecule has 0 saturated carbocycles. The first-order valence-corrected chi connectivity index (χ1v) is 7.69. The lowest BCUT2D eigenvalue weighted by atomic mass is 10.0. The van der Waals surface area contributed by atoms with Crippen LogP contribution < -0.4 is 10.1 Å². The van der Waals surface area contributed by atoms with Crippen LogP contribution in [-0.2, 0) is 22.6 Å². The fourth-order valence-electron chi connectivity index (χ4n) is 2.95. The third kappa shape index (κ3) is 4.70. The Morgan fingerprint density at radius 2 is 1.95 bits per heavy atom. The second kappa shape index (κ2) is 7.78. The van der Waals surface area contributed by atoms with Gasteiger partial charge in [-0.05, 0) is 51.4 Å². The highest BCUT2D eigenvalue weighted by Gasteiger charge is 2.25. The van der Waals surface area contributed by atoms with E-state index in [9.17, 15) is 0 Å². The summed E-state index contributed by atoms with van der Waals surface area (Å²) in [7, 11) is 3.65. The van der Waals surface area contributed by atoms with Gasteiger partial charge in [0.25, 0.3) is 0 Å². The summed E-state index contributed by atoms with van der Waals surface area (Å²) < 4.78 is 17.3. The molecule has 2 atom stereocenters. The number of hydrogen-bond acceptors (Lipinski definition) is 4. The molecule has 0 amide bonds. The molecule has 1 aliphatic heterocycles. The molecule has 0 spiro atoms. The van der Waals surface area contributed by atoms with Gasteiger partial charge in [0.05, 0.1) is 32.0 Å². The molecule has 118 valence electrons. The van der Waals surface area contributed by atoms with Crippen LogP contribution in [0.5, 0.6) is 5.75 Å². The molecule has 1 N–H and O–H groups in total. The highest BCUT2D eigenvalue weighted by molar-refractivity contribution is 5.36. The molecule has 0 radical (unpaired) electrons. The molecule has 2 rings (SSSR count). The summed E-state index contributed by atoms with van der Waals surface area (Å²) in [6.07, 6.45) is 2.74. The van der Waals surface area contributed by atoms with E-state index in [1.807, 2.05) is 13.1 Å². The summed E-state index contributed by atoms with van der Waals surface area (Å²) in [6.45, 7) is 5.66. The fourth-order valence-corrected chi connectivity index (χ4v) is 2.95. The van der Waals surface area contributed by atoms with Gasteiger partial charge in [0, 0.05) is 12.1 Å². The van der Waals surface area contributed by atoms with Crippen LogP contribution in [0.25, 0.3) is 0 Å².